The van der Waals surface area contributed by atoms with Gasteiger partial charge in [-0.3, -0.25) is 19.6 Å². The molecular formula is C33H38FN4NaO5. The molecule has 2 aromatic carbocycles. The van der Waals surface area contributed by atoms with Crippen molar-refractivity contribution in [2.45, 2.75) is 71.2 Å². The van der Waals surface area contributed by atoms with Crippen LogP contribution in [0.1, 0.15) is 68.1 Å². The van der Waals surface area contributed by atoms with Gasteiger partial charge in [0, 0.05) is 29.1 Å². The molecule has 0 saturated carbocycles. The summed E-state index contributed by atoms with van der Waals surface area (Å²) in [5, 5.41) is 32.8. The molecule has 9 nitrogen and oxygen atoms in total. The third-order valence-corrected chi connectivity index (χ3v) is 7.17. The van der Waals surface area contributed by atoms with E-state index in [1.54, 1.807) is 24.5 Å². The molecule has 0 aliphatic heterocycles. The Balaban J connectivity index is 0.00000353. The SMILES string of the molecule is Cc1cnc(CNC(=O)c2c(-c3ccccc3)c(-c3ccc(F)cc3)c(CC[C@@H](O)C[C@@H](O)CC(=O)O)n2C(C)C)cn1.[H-].[Na+]. The fourth-order valence-corrected chi connectivity index (χ4v) is 5.28. The maximum Gasteiger partial charge on any atom is 1.00 e. The third kappa shape index (κ3) is 8.83. The molecule has 4 N–H and O–H groups in total. The Morgan fingerprint density at radius 1 is 0.955 bits per heavy atom. The molecule has 0 fully saturated rings. The van der Waals surface area contributed by atoms with E-state index in [0.717, 1.165) is 22.5 Å². The van der Waals surface area contributed by atoms with Gasteiger partial charge in [-0.1, -0.05) is 42.5 Å². The molecule has 0 bridgehead atoms. The summed E-state index contributed by atoms with van der Waals surface area (Å²) in [5.74, 6) is -1.87. The standard InChI is InChI=1S/C33H37FN4O5.Na.H/c1-20(2)38-28(14-13-26(39)15-27(40)16-29(41)42)30(23-9-11-24(34)12-10-23)31(22-7-5-4-6-8-22)32(38)33(43)37-19-25-18-35-21(3)17-36-25;;/h4-12,17-18,20,26-27,39-40H,13-16,19H2,1-3H3,(H,37,43)(H,41,42);;/q;+1;-1/t26-,27-;;/m1../s1. The fourth-order valence-electron chi connectivity index (χ4n) is 5.28. The van der Waals surface area contributed by atoms with E-state index in [2.05, 4.69) is 15.3 Å². The average molecular weight is 613 g/mol. The maximum atomic E-state index is 14.1. The Bertz CT molecular complexity index is 1550. The zero-order valence-corrected chi connectivity index (χ0v) is 27.5. The Kier molecular flexibility index (Phi) is 12.8. The molecule has 0 unspecified atom stereocenters. The van der Waals surface area contributed by atoms with E-state index in [4.69, 9.17) is 5.11 Å². The first-order valence-electron chi connectivity index (χ1n) is 14.3. The fraction of sp³-hybridized carbons (Fsp3) is 0.333. The van der Waals surface area contributed by atoms with Gasteiger partial charge in [0.25, 0.3) is 5.91 Å². The van der Waals surface area contributed by atoms with Gasteiger partial charge >= 0.3 is 35.5 Å². The summed E-state index contributed by atoms with van der Waals surface area (Å²) in [6.45, 7) is 5.91. The summed E-state index contributed by atoms with van der Waals surface area (Å²) < 4.78 is 16.0. The number of aliphatic carboxylic acids is 1. The zero-order valence-electron chi connectivity index (χ0n) is 26.5. The Morgan fingerprint density at radius 2 is 1.61 bits per heavy atom. The molecule has 0 spiro atoms. The van der Waals surface area contributed by atoms with Crippen LogP contribution in [0.3, 0.4) is 0 Å². The molecule has 2 heterocycles. The van der Waals surface area contributed by atoms with E-state index in [0.29, 0.717) is 28.9 Å². The van der Waals surface area contributed by atoms with Gasteiger partial charge in [0.05, 0.1) is 42.8 Å². The first-order chi connectivity index (χ1) is 20.5. The number of amides is 1. The minimum Gasteiger partial charge on any atom is -1.00 e. The predicted molar refractivity (Wildman–Crippen MR) is 162 cm³/mol. The first-order valence-corrected chi connectivity index (χ1v) is 14.3. The van der Waals surface area contributed by atoms with Crippen molar-refractivity contribution in [3.05, 3.63) is 95.6 Å². The van der Waals surface area contributed by atoms with Gasteiger partial charge in [-0.2, -0.15) is 0 Å². The number of carboxylic acids is 1. The normalized spacial score (nSPS) is 12.4. The molecule has 0 aliphatic carbocycles. The van der Waals surface area contributed by atoms with Crippen molar-refractivity contribution in [3.63, 3.8) is 0 Å². The summed E-state index contributed by atoms with van der Waals surface area (Å²) in [6, 6.07) is 15.4. The number of nitrogens with zero attached hydrogens (tertiary/aromatic N) is 3. The number of carbonyl (C=O) groups is 2. The van der Waals surface area contributed by atoms with E-state index in [1.165, 1.54) is 12.1 Å². The van der Waals surface area contributed by atoms with Gasteiger partial charge < -0.3 is 26.6 Å². The molecule has 4 rings (SSSR count). The molecular weight excluding hydrogens is 574 g/mol. The van der Waals surface area contributed by atoms with Crippen molar-refractivity contribution in [3.8, 4) is 22.3 Å². The van der Waals surface area contributed by atoms with Crippen molar-refractivity contribution < 1.29 is 60.3 Å². The molecule has 228 valence electrons. The monoisotopic (exact) mass is 612 g/mol. The first kappa shape index (κ1) is 35.1. The number of nitrogens with one attached hydrogen (secondary N) is 1. The summed E-state index contributed by atoms with van der Waals surface area (Å²) in [4.78, 5) is 33.7. The van der Waals surface area contributed by atoms with Crippen LogP contribution in [0.2, 0.25) is 0 Å². The number of halogens is 1. The Labute approximate surface area is 280 Å². The number of aryl methyl sites for hydroxylation is 1. The van der Waals surface area contributed by atoms with Crippen molar-refractivity contribution in [1.29, 1.82) is 0 Å². The molecule has 0 aliphatic rings. The third-order valence-electron chi connectivity index (χ3n) is 7.17. The average Bonchev–Trinajstić information content (AvgIpc) is 3.31. The second kappa shape index (κ2) is 16.1. The molecule has 11 heteroatoms. The quantitative estimate of drug-likeness (QED) is 0.170. The topological polar surface area (TPSA) is 138 Å². The van der Waals surface area contributed by atoms with E-state index in [-0.39, 0.29) is 62.3 Å². The number of hydrogen-bond acceptors (Lipinski definition) is 6. The van der Waals surface area contributed by atoms with Crippen LogP contribution in [0.4, 0.5) is 4.39 Å². The number of carboxylic acid groups (broad SMARTS) is 1. The van der Waals surface area contributed by atoms with Gasteiger partial charge in [-0.25, -0.2) is 4.39 Å². The van der Waals surface area contributed by atoms with Crippen LogP contribution >= 0.6 is 0 Å². The van der Waals surface area contributed by atoms with Gasteiger partial charge in [0.15, 0.2) is 0 Å². The summed E-state index contributed by atoms with van der Waals surface area (Å²) in [6.07, 6.45) is 1.03. The second-order valence-electron chi connectivity index (χ2n) is 10.9. The maximum absolute atomic E-state index is 14.1. The number of aliphatic hydroxyl groups excluding tert-OH is 2. The Hall–Kier alpha value is -3.41. The number of aromatic nitrogens is 3. The van der Waals surface area contributed by atoms with Gasteiger partial charge in [-0.15, -0.1) is 0 Å². The van der Waals surface area contributed by atoms with Crippen LogP contribution < -0.4 is 34.9 Å². The molecule has 44 heavy (non-hydrogen) atoms. The largest absolute Gasteiger partial charge is 1.00 e. The van der Waals surface area contributed by atoms with Crippen molar-refractivity contribution in [2.75, 3.05) is 0 Å². The predicted octanol–water partition coefficient (Wildman–Crippen LogP) is 2.21. The summed E-state index contributed by atoms with van der Waals surface area (Å²) >= 11 is 0. The molecule has 1 amide bonds. The number of carbonyl (C=O) groups excluding carboxylic acids is 1. The van der Waals surface area contributed by atoms with E-state index in [1.807, 2.05) is 55.7 Å². The van der Waals surface area contributed by atoms with Gasteiger partial charge in [0.2, 0.25) is 0 Å². The number of rotatable bonds is 13. The molecule has 4 aromatic rings. The van der Waals surface area contributed by atoms with Crippen LogP contribution in [-0.4, -0.2) is 53.9 Å². The number of aliphatic hydroxyl groups is 2. The van der Waals surface area contributed by atoms with E-state index in [9.17, 15) is 24.2 Å². The minimum absolute atomic E-state index is 0. The Morgan fingerprint density at radius 3 is 2.20 bits per heavy atom. The molecule has 0 saturated heterocycles. The second-order valence-corrected chi connectivity index (χ2v) is 10.9. The number of benzene rings is 2. The smallest absolute Gasteiger partial charge is 1.00 e. The van der Waals surface area contributed by atoms with Crippen LogP contribution in [0.25, 0.3) is 22.3 Å². The van der Waals surface area contributed by atoms with Crippen LogP contribution in [0, 0.1) is 12.7 Å². The molecule has 2 aromatic heterocycles. The zero-order chi connectivity index (χ0) is 31.1. The summed E-state index contributed by atoms with van der Waals surface area (Å²) in [5.41, 5.74) is 5.44. The molecule has 0 radical (unpaired) electrons. The van der Waals surface area contributed by atoms with Gasteiger partial charge in [-0.05, 0) is 63.3 Å². The summed E-state index contributed by atoms with van der Waals surface area (Å²) in [7, 11) is 0. The van der Waals surface area contributed by atoms with Crippen molar-refractivity contribution in [1.82, 2.24) is 19.9 Å². The van der Waals surface area contributed by atoms with Gasteiger partial charge in [0.1, 0.15) is 11.5 Å². The van der Waals surface area contributed by atoms with Crippen LogP contribution in [0.15, 0.2) is 67.0 Å². The van der Waals surface area contributed by atoms with Crippen molar-refractivity contribution >= 4 is 11.9 Å². The molecule has 2 atom stereocenters. The van der Waals surface area contributed by atoms with E-state index >= 15 is 0 Å². The van der Waals surface area contributed by atoms with Crippen molar-refractivity contribution in [2.24, 2.45) is 0 Å². The van der Waals surface area contributed by atoms with Crippen LogP contribution in [-0.2, 0) is 17.8 Å². The van der Waals surface area contributed by atoms with Crippen LogP contribution in [0.5, 0.6) is 0 Å². The number of hydrogen-bond donors (Lipinski definition) is 4. The minimum atomic E-state index is -1.19. The van der Waals surface area contributed by atoms with E-state index < -0.39 is 30.4 Å².